The van der Waals surface area contributed by atoms with Gasteiger partial charge in [-0.15, -0.1) is 0 Å². The van der Waals surface area contributed by atoms with Crippen LogP contribution >= 0.6 is 0 Å². The first kappa shape index (κ1) is 23.7. The number of nitrogens with two attached hydrogens (primary N) is 1. The molecule has 1 heterocycles. The summed E-state index contributed by atoms with van der Waals surface area (Å²) in [6.45, 7) is 8.16. The molecule has 1 aliphatic rings. The summed E-state index contributed by atoms with van der Waals surface area (Å²) in [6.07, 6.45) is 2.44. The van der Waals surface area contributed by atoms with Crippen molar-refractivity contribution in [2.24, 2.45) is 5.73 Å². The number of carbonyl (C=O) groups excluding carboxylic acids is 1. The molecule has 29 heavy (non-hydrogen) atoms. The maximum atomic E-state index is 12.5. The first-order valence-electron chi connectivity index (χ1n) is 10.1. The van der Waals surface area contributed by atoms with Crippen molar-refractivity contribution in [3.8, 4) is 5.75 Å². The summed E-state index contributed by atoms with van der Waals surface area (Å²) in [7, 11) is 2.64. The largest absolute Gasteiger partial charge is 0.497 e. The highest BCUT2D eigenvalue weighted by Crippen LogP contribution is 2.38. The number of ether oxygens (including phenoxy) is 2. The van der Waals surface area contributed by atoms with Crippen molar-refractivity contribution in [3.05, 3.63) is 29.8 Å². The van der Waals surface area contributed by atoms with Gasteiger partial charge in [0.05, 0.1) is 30.9 Å². The van der Waals surface area contributed by atoms with E-state index in [1.807, 2.05) is 39.8 Å². The maximum Gasteiger partial charge on any atom is 0.481 e. The predicted molar refractivity (Wildman–Crippen MR) is 114 cm³/mol. The molecule has 0 radical (unpaired) electrons. The monoisotopic (exact) mass is 406 g/mol. The Morgan fingerprint density at radius 2 is 1.72 bits per heavy atom. The highest BCUT2D eigenvalue weighted by atomic mass is 16.7. The third-order valence-electron chi connectivity index (χ3n) is 5.75. The van der Waals surface area contributed by atoms with Gasteiger partial charge in [-0.25, -0.2) is 0 Å². The van der Waals surface area contributed by atoms with E-state index in [1.54, 1.807) is 7.11 Å². The number of nitrogens with one attached hydrogen (secondary N) is 1. The molecule has 3 N–H and O–H groups in total. The van der Waals surface area contributed by atoms with Gasteiger partial charge in [-0.1, -0.05) is 12.1 Å². The number of aryl methyl sites for hydroxylation is 1. The summed E-state index contributed by atoms with van der Waals surface area (Å²) in [5, 5.41) is 3.01. The minimum Gasteiger partial charge on any atom is -0.497 e. The van der Waals surface area contributed by atoms with Gasteiger partial charge >= 0.3 is 7.12 Å². The van der Waals surface area contributed by atoms with Crippen LogP contribution < -0.4 is 15.8 Å². The van der Waals surface area contributed by atoms with Crippen LogP contribution in [0.3, 0.4) is 0 Å². The predicted octanol–water partition coefficient (Wildman–Crippen LogP) is 2.11. The van der Waals surface area contributed by atoms with Gasteiger partial charge in [0.1, 0.15) is 11.8 Å². The number of rotatable bonds is 10. The third-order valence-corrected chi connectivity index (χ3v) is 5.75. The highest BCUT2D eigenvalue weighted by Gasteiger charge is 2.54. The number of benzene rings is 1. The minimum atomic E-state index is -0.730. The van der Waals surface area contributed by atoms with Gasteiger partial charge in [0.25, 0.3) is 0 Å². The summed E-state index contributed by atoms with van der Waals surface area (Å²) >= 11 is 0. The Morgan fingerprint density at radius 1 is 1.14 bits per heavy atom. The molecular weight excluding hydrogens is 371 g/mol. The Hall–Kier alpha value is -1.61. The molecule has 0 unspecified atom stereocenters. The van der Waals surface area contributed by atoms with Gasteiger partial charge < -0.3 is 29.8 Å². The fourth-order valence-corrected chi connectivity index (χ4v) is 3.19. The lowest BCUT2D eigenvalue weighted by Gasteiger charge is -2.32. The fraction of sp³-hybridized carbons (Fsp3) is 0.667. The summed E-state index contributed by atoms with van der Waals surface area (Å²) in [6, 6.07) is 7.27. The topological polar surface area (TPSA) is 92.0 Å². The molecule has 0 spiro atoms. The molecule has 1 aliphatic heterocycles. The van der Waals surface area contributed by atoms with Crippen LogP contribution in [0.15, 0.2) is 24.3 Å². The molecule has 2 rings (SSSR count). The second-order valence-electron chi connectivity index (χ2n) is 8.54. The molecule has 0 bridgehead atoms. The van der Waals surface area contributed by atoms with Gasteiger partial charge in [0, 0.05) is 7.11 Å². The molecule has 1 aromatic carbocycles. The minimum absolute atomic E-state index is 0.160. The Morgan fingerprint density at radius 3 is 2.24 bits per heavy atom. The number of hydrogen-bond acceptors (Lipinski definition) is 6. The Labute approximate surface area is 174 Å². The zero-order valence-corrected chi connectivity index (χ0v) is 18.5. The van der Waals surface area contributed by atoms with Crippen molar-refractivity contribution >= 4 is 13.0 Å². The average Bonchev–Trinajstić information content (AvgIpc) is 2.88. The summed E-state index contributed by atoms with van der Waals surface area (Å²) in [4.78, 5) is 12.5. The molecule has 0 aromatic heterocycles. The van der Waals surface area contributed by atoms with Gasteiger partial charge in [-0.2, -0.15) is 0 Å². The summed E-state index contributed by atoms with van der Waals surface area (Å²) in [5.74, 6) is 0.268. The van der Waals surface area contributed by atoms with E-state index >= 15 is 0 Å². The number of carbonyl (C=O) groups is 1. The van der Waals surface area contributed by atoms with Crippen LogP contribution in [-0.2, 0) is 25.3 Å². The Kier molecular flexibility index (Phi) is 8.11. The van der Waals surface area contributed by atoms with Crippen LogP contribution in [0.5, 0.6) is 5.75 Å². The Bertz CT molecular complexity index is 650. The van der Waals surface area contributed by atoms with Crippen LogP contribution in [0.4, 0.5) is 0 Å². The van der Waals surface area contributed by atoms with Crippen LogP contribution in [0.1, 0.15) is 46.1 Å². The molecule has 1 amide bonds. The first-order valence-corrected chi connectivity index (χ1v) is 10.1. The van der Waals surface area contributed by atoms with E-state index in [4.69, 9.17) is 24.5 Å². The van der Waals surface area contributed by atoms with E-state index in [0.717, 1.165) is 18.6 Å². The van der Waals surface area contributed by atoms with Crippen LogP contribution in [0.25, 0.3) is 0 Å². The van der Waals surface area contributed by atoms with Gasteiger partial charge in [-0.3, -0.25) is 4.79 Å². The lowest BCUT2D eigenvalue weighted by atomic mass is 9.75. The third kappa shape index (κ3) is 6.19. The van der Waals surface area contributed by atoms with Crippen LogP contribution in [0.2, 0.25) is 0 Å². The zero-order valence-electron chi connectivity index (χ0n) is 18.5. The van der Waals surface area contributed by atoms with Gasteiger partial charge in [-0.05, 0) is 64.7 Å². The number of methoxy groups -OCH3 is 2. The van der Waals surface area contributed by atoms with Crippen molar-refractivity contribution < 1.29 is 23.6 Å². The molecular formula is C21H35BN2O5. The van der Waals surface area contributed by atoms with Crippen LogP contribution in [-0.4, -0.2) is 57.0 Å². The van der Waals surface area contributed by atoms with Crippen molar-refractivity contribution in [2.75, 3.05) is 20.8 Å². The lowest BCUT2D eigenvalue weighted by molar-refractivity contribution is -0.123. The molecule has 162 valence electrons. The molecule has 1 fully saturated rings. The first-order chi connectivity index (χ1) is 13.6. The second-order valence-corrected chi connectivity index (χ2v) is 8.54. The summed E-state index contributed by atoms with van der Waals surface area (Å²) in [5.41, 5.74) is 6.17. The van der Waals surface area contributed by atoms with Crippen molar-refractivity contribution in [3.63, 3.8) is 0 Å². The lowest BCUT2D eigenvalue weighted by Crippen LogP contribution is -2.53. The second kappa shape index (κ2) is 9.93. The average molecular weight is 406 g/mol. The van der Waals surface area contributed by atoms with E-state index in [9.17, 15) is 4.79 Å². The molecule has 0 saturated carbocycles. The van der Waals surface area contributed by atoms with Gasteiger partial charge in [0.15, 0.2) is 0 Å². The van der Waals surface area contributed by atoms with Crippen LogP contribution in [0, 0.1) is 0 Å². The summed E-state index contributed by atoms with van der Waals surface area (Å²) < 4.78 is 22.5. The Balaban J connectivity index is 2.02. The van der Waals surface area contributed by atoms with Crippen molar-refractivity contribution in [1.29, 1.82) is 0 Å². The SMILES string of the molecule is COC[C@@H](N)C(=O)N[C@@H](CCCc1ccc(OC)cc1)B1OC(C)(C)C(C)(C)O1. The zero-order chi connectivity index (χ0) is 21.7. The normalized spacial score (nSPS) is 19.6. The molecule has 8 heteroatoms. The van der Waals surface area contributed by atoms with E-state index in [0.29, 0.717) is 6.42 Å². The molecule has 1 aromatic rings. The molecule has 0 aliphatic carbocycles. The highest BCUT2D eigenvalue weighted by molar-refractivity contribution is 6.48. The molecule has 7 nitrogen and oxygen atoms in total. The van der Waals surface area contributed by atoms with E-state index < -0.39 is 24.4 Å². The molecule has 2 atom stereocenters. The standard InChI is InChI=1S/C21H35BN2O5/c1-20(2)21(3,4)29-22(28-20)18(24-19(25)17(23)14-26-5)9-7-8-15-10-12-16(27-6)13-11-15/h10-13,17-18H,7-9,14,23H2,1-6H3,(H,24,25)/t17-,18+/m1/s1. The van der Waals surface area contributed by atoms with Crippen molar-refractivity contribution in [1.82, 2.24) is 5.32 Å². The van der Waals surface area contributed by atoms with E-state index in [-0.39, 0.29) is 18.5 Å². The molecule has 1 saturated heterocycles. The van der Waals surface area contributed by atoms with Gasteiger partial charge in [0.2, 0.25) is 5.91 Å². The van der Waals surface area contributed by atoms with E-state index in [1.165, 1.54) is 12.7 Å². The van der Waals surface area contributed by atoms with E-state index in [2.05, 4.69) is 17.4 Å². The number of amides is 1. The smallest absolute Gasteiger partial charge is 0.481 e. The van der Waals surface area contributed by atoms with Crippen molar-refractivity contribution in [2.45, 2.75) is 70.1 Å². The quantitative estimate of drug-likeness (QED) is 0.579. The fourth-order valence-electron chi connectivity index (χ4n) is 3.19. The maximum absolute atomic E-state index is 12.5. The number of hydrogen-bond donors (Lipinski definition) is 2.